The number of hydrogen-bond donors (Lipinski definition) is 3. The van der Waals surface area contributed by atoms with Gasteiger partial charge in [0.2, 0.25) is 5.88 Å². The van der Waals surface area contributed by atoms with Crippen LogP contribution in [-0.4, -0.2) is 48.9 Å². The number of benzene rings is 1. The van der Waals surface area contributed by atoms with Crippen LogP contribution in [0.5, 0.6) is 5.88 Å². The predicted octanol–water partition coefficient (Wildman–Crippen LogP) is 3.12. The molecule has 0 amide bonds. The fourth-order valence-corrected chi connectivity index (χ4v) is 4.02. The molecule has 30 heavy (non-hydrogen) atoms. The minimum absolute atomic E-state index is 0.0720. The molecular formula is C23H32N4O3. The third-order valence-corrected chi connectivity index (χ3v) is 5.69. The van der Waals surface area contributed by atoms with E-state index in [1.807, 2.05) is 50.3 Å². The van der Waals surface area contributed by atoms with E-state index in [0.29, 0.717) is 31.6 Å². The molecule has 162 valence electrons. The molecule has 1 aliphatic heterocycles. The van der Waals surface area contributed by atoms with Crippen molar-refractivity contribution in [2.24, 2.45) is 16.5 Å². The molecular weight excluding hydrogens is 380 g/mol. The van der Waals surface area contributed by atoms with E-state index in [1.54, 1.807) is 18.8 Å². The van der Waals surface area contributed by atoms with Crippen LogP contribution in [-0.2, 0) is 15.1 Å². The summed E-state index contributed by atoms with van der Waals surface area (Å²) in [5.74, 6) is 0.0720. The van der Waals surface area contributed by atoms with Crippen LogP contribution in [0.4, 0.5) is 0 Å². The summed E-state index contributed by atoms with van der Waals surface area (Å²) >= 11 is 0. The van der Waals surface area contributed by atoms with E-state index < -0.39 is 11.7 Å². The molecule has 5 N–H and O–H groups in total. The maximum atomic E-state index is 11.4. The van der Waals surface area contributed by atoms with Gasteiger partial charge < -0.3 is 26.0 Å². The minimum Gasteiger partial charge on any atom is -0.494 e. The van der Waals surface area contributed by atoms with Crippen LogP contribution in [0.3, 0.4) is 0 Å². The summed E-state index contributed by atoms with van der Waals surface area (Å²) in [6.45, 7) is 4.85. The maximum Gasteiger partial charge on any atom is 0.201 e. The SMILES string of the molecule is COCCC(N)C(N)(CCOC)n1c(O)c(C=C2N=C(C)C=C2C)c2ccccc21. The molecule has 0 saturated carbocycles. The Labute approximate surface area is 177 Å². The molecule has 2 aromatic rings. The highest BCUT2D eigenvalue weighted by Gasteiger charge is 2.38. The van der Waals surface area contributed by atoms with Crippen molar-refractivity contribution in [2.45, 2.75) is 38.4 Å². The molecule has 0 fully saturated rings. The third-order valence-electron chi connectivity index (χ3n) is 5.69. The number of fused-ring (bicyclic) bond motifs is 1. The largest absolute Gasteiger partial charge is 0.494 e. The summed E-state index contributed by atoms with van der Waals surface area (Å²) in [5, 5.41) is 12.3. The Kier molecular flexibility index (Phi) is 6.77. The summed E-state index contributed by atoms with van der Waals surface area (Å²) in [6, 6.07) is 7.33. The first-order chi connectivity index (χ1) is 14.3. The van der Waals surface area contributed by atoms with E-state index in [9.17, 15) is 5.11 Å². The van der Waals surface area contributed by atoms with Gasteiger partial charge in [-0.05, 0) is 44.1 Å². The fraction of sp³-hybridized carbons (Fsp3) is 0.435. The second-order valence-corrected chi connectivity index (χ2v) is 7.82. The molecule has 0 bridgehead atoms. The molecule has 3 rings (SSSR count). The van der Waals surface area contributed by atoms with Crippen LogP contribution < -0.4 is 11.5 Å². The fourth-order valence-electron chi connectivity index (χ4n) is 4.02. The van der Waals surface area contributed by atoms with Crippen molar-refractivity contribution in [3.05, 3.63) is 47.2 Å². The predicted molar refractivity (Wildman–Crippen MR) is 122 cm³/mol. The van der Waals surface area contributed by atoms with Crippen molar-refractivity contribution in [1.29, 1.82) is 0 Å². The van der Waals surface area contributed by atoms with Gasteiger partial charge in [0.05, 0.1) is 11.2 Å². The molecule has 1 aromatic carbocycles. The number of methoxy groups -OCH3 is 2. The Morgan fingerprint density at radius 3 is 2.53 bits per heavy atom. The Balaban J connectivity index is 2.21. The highest BCUT2D eigenvalue weighted by Crippen LogP contribution is 2.39. The quantitative estimate of drug-likeness (QED) is 0.586. The van der Waals surface area contributed by atoms with Gasteiger partial charge in [-0.2, -0.15) is 0 Å². The van der Waals surface area contributed by atoms with Gasteiger partial charge >= 0.3 is 0 Å². The lowest BCUT2D eigenvalue weighted by Crippen LogP contribution is -2.57. The van der Waals surface area contributed by atoms with Crippen molar-refractivity contribution < 1.29 is 14.6 Å². The van der Waals surface area contributed by atoms with Gasteiger partial charge in [0.15, 0.2) is 0 Å². The number of aromatic hydroxyl groups is 1. The highest BCUT2D eigenvalue weighted by atomic mass is 16.5. The van der Waals surface area contributed by atoms with Crippen molar-refractivity contribution in [2.75, 3.05) is 27.4 Å². The molecule has 0 radical (unpaired) electrons. The second kappa shape index (κ2) is 9.14. The summed E-state index contributed by atoms with van der Waals surface area (Å²) in [7, 11) is 3.26. The van der Waals surface area contributed by atoms with E-state index in [1.165, 1.54) is 0 Å². The lowest BCUT2D eigenvalue weighted by molar-refractivity contribution is 0.102. The average molecular weight is 413 g/mol. The first-order valence-corrected chi connectivity index (χ1v) is 10.1. The number of allylic oxidation sites excluding steroid dienone is 2. The lowest BCUT2D eigenvalue weighted by Gasteiger charge is -2.38. The first kappa shape index (κ1) is 22.2. The Bertz CT molecular complexity index is 1010. The van der Waals surface area contributed by atoms with Crippen molar-refractivity contribution >= 4 is 22.7 Å². The van der Waals surface area contributed by atoms with Gasteiger partial charge in [0.25, 0.3) is 0 Å². The van der Waals surface area contributed by atoms with Gasteiger partial charge in [-0.1, -0.05) is 18.2 Å². The molecule has 7 heteroatoms. The molecule has 1 aliphatic rings. The number of hydrogen-bond acceptors (Lipinski definition) is 6. The number of nitrogens with two attached hydrogens (primary N) is 2. The van der Waals surface area contributed by atoms with Gasteiger partial charge in [-0.25, -0.2) is 0 Å². The Morgan fingerprint density at radius 2 is 1.90 bits per heavy atom. The lowest BCUT2D eigenvalue weighted by atomic mass is 9.95. The van der Waals surface area contributed by atoms with Crippen LogP contribution >= 0.6 is 0 Å². The van der Waals surface area contributed by atoms with Crippen molar-refractivity contribution in [3.8, 4) is 5.88 Å². The summed E-state index contributed by atoms with van der Waals surface area (Å²) in [6.07, 6.45) is 4.92. The summed E-state index contributed by atoms with van der Waals surface area (Å²) in [5.41, 5.74) is 16.7. The monoisotopic (exact) mass is 412 g/mol. The average Bonchev–Trinajstić information content (AvgIpc) is 3.20. The van der Waals surface area contributed by atoms with Crippen LogP contribution in [0.15, 0.2) is 46.6 Å². The van der Waals surface area contributed by atoms with E-state index in [2.05, 4.69) is 4.99 Å². The van der Waals surface area contributed by atoms with Gasteiger partial charge in [0, 0.05) is 56.6 Å². The van der Waals surface area contributed by atoms with Crippen molar-refractivity contribution in [3.63, 3.8) is 0 Å². The number of para-hydroxylation sites is 1. The molecule has 2 unspecified atom stereocenters. The smallest absolute Gasteiger partial charge is 0.201 e. The minimum atomic E-state index is -1.06. The molecule has 0 saturated heterocycles. The van der Waals surface area contributed by atoms with Gasteiger partial charge in [0.1, 0.15) is 5.66 Å². The van der Waals surface area contributed by atoms with Gasteiger partial charge in [-0.15, -0.1) is 0 Å². The zero-order chi connectivity index (χ0) is 21.9. The zero-order valence-electron chi connectivity index (χ0n) is 18.2. The number of nitrogens with zero attached hydrogens (tertiary/aromatic N) is 2. The topological polar surface area (TPSA) is 108 Å². The summed E-state index contributed by atoms with van der Waals surface area (Å²) < 4.78 is 12.3. The number of rotatable bonds is 9. The number of aliphatic imine (C=N–C) groups is 1. The Hall–Kier alpha value is -2.45. The maximum absolute atomic E-state index is 11.4. The molecule has 2 atom stereocenters. The molecule has 0 spiro atoms. The zero-order valence-corrected chi connectivity index (χ0v) is 18.2. The van der Waals surface area contributed by atoms with Crippen LogP contribution in [0.1, 0.15) is 32.3 Å². The molecule has 1 aromatic heterocycles. The van der Waals surface area contributed by atoms with Crippen LogP contribution in [0.2, 0.25) is 0 Å². The van der Waals surface area contributed by atoms with Gasteiger partial charge in [-0.3, -0.25) is 9.56 Å². The normalized spacial score (nSPS) is 18.5. The number of aromatic nitrogens is 1. The number of ether oxygens (including phenoxy) is 2. The summed E-state index contributed by atoms with van der Waals surface area (Å²) in [4.78, 5) is 4.58. The van der Waals surface area contributed by atoms with E-state index in [4.69, 9.17) is 20.9 Å². The van der Waals surface area contributed by atoms with E-state index >= 15 is 0 Å². The molecule has 0 aliphatic carbocycles. The van der Waals surface area contributed by atoms with E-state index in [-0.39, 0.29) is 5.88 Å². The first-order valence-electron chi connectivity index (χ1n) is 10.1. The molecule has 2 heterocycles. The van der Waals surface area contributed by atoms with Crippen LogP contribution in [0, 0.1) is 0 Å². The highest BCUT2D eigenvalue weighted by molar-refractivity contribution is 6.00. The Morgan fingerprint density at radius 1 is 1.20 bits per heavy atom. The van der Waals surface area contributed by atoms with Crippen molar-refractivity contribution in [1.82, 2.24) is 4.57 Å². The third kappa shape index (κ3) is 4.06. The standard InChI is InChI=1S/C23H32N4O3/c1-15-13-16(2)26-19(15)14-18-17-7-5-6-8-20(17)27(22(18)28)23(25,10-12-30-4)21(24)9-11-29-3/h5-8,13-14,21,28H,9-12,24-25H2,1-4H3. The van der Waals surface area contributed by atoms with Crippen LogP contribution in [0.25, 0.3) is 17.0 Å². The second-order valence-electron chi connectivity index (χ2n) is 7.82. The molecule has 7 nitrogen and oxygen atoms in total. The van der Waals surface area contributed by atoms with E-state index in [0.717, 1.165) is 27.9 Å².